The standard InChI is InChI=1S/C13H21N3O2S/c1-4-19-13-15-7-10(8-16-13)6-14-11(12(17)18)5-9(2)3/h7-9,11,14H,4-6H2,1-3H3,(H,17,18)/t11-/m1/s1. The molecule has 0 amide bonds. The van der Waals surface area contributed by atoms with Crippen molar-refractivity contribution >= 4 is 17.7 Å². The van der Waals surface area contributed by atoms with Crippen LogP contribution >= 0.6 is 11.8 Å². The van der Waals surface area contributed by atoms with E-state index in [-0.39, 0.29) is 0 Å². The van der Waals surface area contributed by atoms with E-state index >= 15 is 0 Å². The Morgan fingerprint density at radius 2 is 2.05 bits per heavy atom. The number of aromatic nitrogens is 2. The van der Waals surface area contributed by atoms with Crippen molar-refractivity contribution in [3.05, 3.63) is 18.0 Å². The zero-order valence-electron chi connectivity index (χ0n) is 11.6. The van der Waals surface area contributed by atoms with Gasteiger partial charge < -0.3 is 10.4 Å². The zero-order valence-corrected chi connectivity index (χ0v) is 12.4. The van der Waals surface area contributed by atoms with Gasteiger partial charge in [0.25, 0.3) is 0 Å². The third-order valence-corrected chi connectivity index (χ3v) is 3.27. The highest BCUT2D eigenvalue weighted by molar-refractivity contribution is 7.99. The molecule has 1 aromatic heterocycles. The van der Waals surface area contributed by atoms with Crippen LogP contribution in [0.2, 0.25) is 0 Å². The van der Waals surface area contributed by atoms with Crippen LogP contribution in [0.1, 0.15) is 32.8 Å². The topological polar surface area (TPSA) is 75.1 Å². The SMILES string of the molecule is CCSc1ncc(CN[C@H](CC(C)C)C(=O)O)cn1. The fourth-order valence-electron chi connectivity index (χ4n) is 1.62. The molecule has 0 bridgehead atoms. The Bertz CT molecular complexity index is 395. The molecule has 1 rings (SSSR count). The lowest BCUT2D eigenvalue weighted by atomic mass is 10.0. The van der Waals surface area contributed by atoms with Crippen LogP contribution in [-0.4, -0.2) is 32.8 Å². The van der Waals surface area contributed by atoms with Gasteiger partial charge >= 0.3 is 5.97 Å². The molecular formula is C13H21N3O2S. The van der Waals surface area contributed by atoms with E-state index in [9.17, 15) is 4.79 Å². The summed E-state index contributed by atoms with van der Waals surface area (Å²) < 4.78 is 0. The summed E-state index contributed by atoms with van der Waals surface area (Å²) >= 11 is 1.58. The Balaban J connectivity index is 2.51. The molecule has 0 spiro atoms. The first kappa shape index (κ1) is 15.9. The lowest BCUT2D eigenvalue weighted by molar-refractivity contribution is -0.140. The number of thioether (sulfide) groups is 1. The van der Waals surface area contributed by atoms with E-state index < -0.39 is 12.0 Å². The van der Waals surface area contributed by atoms with Gasteiger partial charge in [-0.05, 0) is 18.1 Å². The van der Waals surface area contributed by atoms with Crippen molar-refractivity contribution in [2.45, 2.75) is 44.9 Å². The molecule has 19 heavy (non-hydrogen) atoms. The van der Waals surface area contributed by atoms with E-state index in [1.165, 1.54) is 0 Å². The maximum absolute atomic E-state index is 11.1. The number of aliphatic carboxylic acids is 1. The van der Waals surface area contributed by atoms with Crippen molar-refractivity contribution in [1.82, 2.24) is 15.3 Å². The second-order valence-corrected chi connectivity index (χ2v) is 5.94. The molecule has 0 unspecified atom stereocenters. The summed E-state index contributed by atoms with van der Waals surface area (Å²) in [6, 6.07) is -0.523. The van der Waals surface area contributed by atoms with E-state index in [2.05, 4.69) is 15.3 Å². The molecule has 5 nitrogen and oxygen atoms in total. The summed E-state index contributed by atoms with van der Waals surface area (Å²) in [5.74, 6) is 0.466. The number of hydrogen-bond donors (Lipinski definition) is 2. The molecule has 106 valence electrons. The molecule has 0 saturated carbocycles. The van der Waals surface area contributed by atoms with Crippen molar-refractivity contribution in [3.8, 4) is 0 Å². The number of hydrogen-bond acceptors (Lipinski definition) is 5. The molecule has 0 fully saturated rings. The lowest BCUT2D eigenvalue weighted by Crippen LogP contribution is -2.37. The van der Waals surface area contributed by atoms with Crippen molar-refractivity contribution < 1.29 is 9.90 Å². The van der Waals surface area contributed by atoms with E-state index in [0.717, 1.165) is 16.5 Å². The van der Waals surface area contributed by atoms with Crippen molar-refractivity contribution in [1.29, 1.82) is 0 Å². The molecule has 0 aliphatic carbocycles. The first-order chi connectivity index (χ1) is 9.02. The average molecular weight is 283 g/mol. The highest BCUT2D eigenvalue weighted by atomic mass is 32.2. The number of nitrogens with zero attached hydrogens (tertiary/aromatic N) is 2. The highest BCUT2D eigenvalue weighted by Gasteiger charge is 2.17. The van der Waals surface area contributed by atoms with Crippen LogP contribution in [-0.2, 0) is 11.3 Å². The molecule has 1 heterocycles. The van der Waals surface area contributed by atoms with Crippen LogP contribution < -0.4 is 5.32 Å². The van der Waals surface area contributed by atoms with E-state index in [1.807, 2.05) is 20.8 Å². The number of nitrogens with one attached hydrogen (secondary N) is 1. The molecule has 1 aromatic rings. The fourth-order valence-corrected chi connectivity index (χ4v) is 2.13. The minimum Gasteiger partial charge on any atom is -0.480 e. The Morgan fingerprint density at radius 3 is 2.53 bits per heavy atom. The van der Waals surface area contributed by atoms with Gasteiger partial charge in [-0.1, -0.05) is 32.5 Å². The van der Waals surface area contributed by atoms with Crippen LogP contribution in [0, 0.1) is 5.92 Å². The van der Waals surface area contributed by atoms with Gasteiger partial charge in [0, 0.05) is 24.5 Å². The Labute approximate surface area is 118 Å². The zero-order chi connectivity index (χ0) is 14.3. The van der Waals surface area contributed by atoms with Crippen LogP contribution in [0.5, 0.6) is 0 Å². The molecule has 0 saturated heterocycles. The van der Waals surface area contributed by atoms with Gasteiger partial charge in [0.05, 0.1) is 0 Å². The predicted octanol–water partition coefficient (Wildman–Crippen LogP) is 2.18. The van der Waals surface area contributed by atoms with Gasteiger partial charge in [0.2, 0.25) is 0 Å². The lowest BCUT2D eigenvalue weighted by Gasteiger charge is -2.16. The first-order valence-corrected chi connectivity index (χ1v) is 7.41. The van der Waals surface area contributed by atoms with Gasteiger partial charge in [-0.25, -0.2) is 9.97 Å². The van der Waals surface area contributed by atoms with Gasteiger partial charge in [0.1, 0.15) is 6.04 Å². The largest absolute Gasteiger partial charge is 0.480 e. The van der Waals surface area contributed by atoms with Crippen molar-refractivity contribution in [2.75, 3.05) is 5.75 Å². The van der Waals surface area contributed by atoms with Gasteiger partial charge in [0.15, 0.2) is 5.16 Å². The van der Waals surface area contributed by atoms with Crippen LogP contribution in [0.4, 0.5) is 0 Å². The molecule has 0 aliphatic rings. The summed E-state index contributed by atoms with van der Waals surface area (Å²) in [7, 11) is 0. The normalized spacial score (nSPS) is 12.6. The van der Waals surface area contributed by atoms with Crippen LogP contribution in [0.15, 0.2) is 17.6 Å². The maximum Gasteiger partial charge on any atom is 0.320 e. The molecule has 2 N–H and O–H groups in total. The highest BCUT2D eigenvalue weighted by Crippen LogP contribution is 2.11. The third kappa shape index (κ3) is 6.02. The summed E-state index contributed by atoms with van der Waals surface area (Å²) in [6.07, 6.45) is 4.10. The summed E-state index contributed by atoms with van der Waals surface area (Å²) in [5, 5.41) is 12.9. The van der Waals surface area contributed by atoms with Crippen molar-refractivity contribution in [2.24, 2.45) is 5.92 Å². The molecule has 6 heteroatoms. The number of rotatable bonds is 8. The Kier molecular flexibility index (Phi) is 6.80. The Morgan fingerprint density at radius 1 is 1.42 bits per heavy atom. The Hall–Kier alpha value is -1.14. The van der Waals surface area contributed by atoms with E-state index in [4.69, 9.17) is 5.11 Å². The monoisotopic (exact) mass is 283 g/mol. The summed E-state index contributed by atoms with van der Waals surface area (Å²) in [5.41, 5.74) is 0.899. The summed E-state index contributed by atoms with van der Waals surface area (Å²) in [4.78, 5) is 19.5. The second kappa shape index (κ2) is 8.12. The molecular weight excluding hydrogens is 262 g/mol. The van der Waals surface area contributed by atoms with E-state index in [0.29, 0.717) is 18.9 Å². The van der Waals surface area contributed by atoms with Gasteiger partial charge in [-0.15, -0.1) is 0 Å². The average Bonchev–Trinajstić information content (AvgIpc) is 2.36. The summed E-state index contributed by atoms with van der Waals surface area (Å²) in [6.45, 7) is 6.54. The molecule has 0 aromatic carbocycles. The predicted molar refractivity (Wildman–Crippen MR) is 76.1 cm³/mol. The van der Waals surface area contributed by atoms with Gasteiger partial charge in [-0.3, -0.25) is 4.79 Å². The third-order valence-electron chi connectivity index (χ3n) is 2.51. The van der Waals surface area contributed by atoms with Gasteiger partial charge in [-0.2, -0.15) is 0 Å². The van der Waals surface area contributed by atoms with Crippen LogP contribution in [0.25, 0.3) is 0 Å². The molecule has 0 radical (unpaired) electrons. The van der Waals surface area contributed by atoms with E-state index in [1.54, 1.807) is 24.2 Å². The minimum absolute atomic E-state index is 0.341. The fraction of sp³-hybridized carbons (Fsp3) is 0.615. The van der Waals surface area contributed by atoms with Crippen LogP contribution in [0.3, 0.4) is 0 Å². The number of carboxylic acids is 1. The molecule has 0 aliphatic heterocycles. The maximum atomic E-state index is 11.1. The minimum atomic E-state index is -0.812. The smallest absolute Gasteiger partial charge is 0.320 e. The first-order valence-electron chi connectivity index (χ1n) is 6.42. The number of carbonyl (C=O) groups is 1. The molecule has 1 atom stereocenters. The number of carboxylic acid groups (broad SMARTS) is 1. The second-order valence-electron chi connectivity index (χ2n) is 4.71. The quantitative estimate of drug-likeness (QED) is 0.562. The van der Waals surface area contributed by atoms with Crippen molar-refractivity contribution in [3.63, 3.8) is 0 Å².